The molecule has 0 radical (unpaired) electrons. The van der Waals surface area contributed by atoms with Crippen molar-refractivity contribution < 1.29 is 17.6 Å². The van der Waals surface area contributed by atoms with E-state index in [1.54, 1.807) is 24.3 Å². The molecule has 0 spiro atoms. The van der Waals surface area contributed by atoms with Gasteiger partial charge < -0.3 is 0 Å². The van der Waals surface area contributed by atoms with Crippen LogP contribution < -0.4 is 0 Å². The Morgan fingerprint density at radius 1 is 0.933 bits per heavy atom. The summed E-state index contributed by atoms with van der Waals surface area (Å²) in [4.78, 5) is 0. The van der Waals surface area contributed by atoms with E-state index in [9.17, 15) is 17.6 Å². The first kappa shape index (κ1) is 23.0. The lowest BCUT2D eigenvalue weighted by molar-refractivity contribution is 0.436. The summed E-state index contributed by atoms with van der Waals surface area (Å²) in [5.41, 5.74) is 2.58. The summed E-state index contributed by atoms with van der Waals surface area (Å²) in [5.74, 6) is -2.99. The summed E-state index contributed by atoms with van der Waals surface area (Å²) in [6, 6.07) is 10.4. The lowest BCUT2D eigenvalue weighted by atomic mass is 9.89. The number of alkyl halides is 1. The first-order valence-corrected chi connectivity index (χ1v) is 11.3. The molecule has 0 N–H and O–H groups in total. The summed E-state index contributed by atoms with van der Waals surface area (Å²) in [6.07, 6.45) is 5.62. The fraction of sp³-hybridized carbons (Fsp3) is 0.360. The Bertz CT molecular complexity index is 975. The zero-order valence-electron chi connectivity index (χ0n) is 17.2. The van der Waals surface area contributed by atoms with Crippen molar-refractivity contribution in [1.29, 1.82) is 0 Å². The van der Waals surface area contributed by atoms with Gasteiger partial charge in [0.1, 0.15) is 0 Å². The Morgan fingerprint density at radius 2 is 1.63 bits per heavy atom. The van der Waals surface area contributed by atoms with Crippen LogP contribution in [0.25, 0.3) is 11.1 Å². The molecule has 5 heteroatoms. The second kappa shape index (κ2) is 9.67. The van der Waals surface area contributed by atoms with Crippen molar-refractivity contribution >= 4 is 22.6 Å². The smallest absolute Gasteiger partial charge is 0.166 e. The van der Waals surface area contributed by atoms with Crippen molar-refractivity contribution in [2.75, 3.05) is 0 Å². The van der Waals surface area contributed by atoms with Gasteiger partial charge in [0.25, 0.3) is 0 Å². The van der Waals surface area contributed by atoms with Crippen LogP contribution in [0.5, 0.6) is 0 Å². The van der Waals surface area contributed by atoms with E-state index in [1.165, 1.54) is 6.92 Å². The van der Waals surface area contributed by atoms with Crippen LogP contribution in [0.3, 0.4) is 0 Å². The van der Waals surface area contributed by atoms with Crippen LogP contribution in [0.4, 0.5) is 17.6 Å². The van der Waals surface area contributed by atoms with E-state index in [0.29, 0.717) is 43.2 Å². The standard InChI is InChI=1S/C25H25F4I/c1-3-14-25(30)15-13-19(22(27)24(25)29)6-4-5-17-8-10-18(11-9-17)20-12-7-16(2)21(26)23(20)28/h7-13H,3-6,14-15H2,1-2H3/t25-/m1/s1. The predicted molar refractivity (Wildman–Crippen MR) is 123 cm³/mol. The number of benzene rings is 2. The molecule has 30 heavy (non-hydrogen) atoms. The topological polar surface area (TPSA) is 0 Å². The van der Waals surface area contributed by atoms with Crippen molar-refractivity contribution in [3.63, 3.8) is 0 Å². The van der Waals surface area contributed by atoms with Gasteiger partial charge in [-0.2, -0.15) is 0 Å². The third kappa shape index (κ3) is 4.82. The van der Waals surface area contributed by atoms with E-state index in [2.05, 4.69) is 0 Å². The Kier molecular flexibility index (Phi) is 7.43. The normalized spacial score (nSPS) is 19.2. The van der Waals surface area contributed by atoms with Gasteiger partial charge in [-0.15, -0.1) is 0 Å². The predicted octanol–water partition coefficient (Wildman–Crippen LogP) is 8.72. The minimum absolute atomic E-state index is 0.231. The van der Waals surface area contributed by atoms with Crippen LogP contribution in [-0.4, -0.2) is 3.42 Å². The Labute approximate surface area is 189 Å². The van der Waals surface area contributed by atoms with Crippen LogP contribution >= 0.6 is 22.6 Å². The summed E-state index contributed by atoms with van der Waals surface area (Å²) in [5, 5.41) is 0. The van der Waals surface area contributed by atoms with E-state index < -0.39 is 26.7 Å². The lowest BCUT2D eigenvalue weighted by Crippen LogP contribution is -2.24. The number of aryl methyl sites for hydroxylation is 2. The molecule has 0 fully saturated rings. The van der Waals surface area contributed by atoms with Gasteiger partial charge in [-0.25, -0.2) is 17.6 Å². The average molecular weight is 528 g/mol. The molecule has 1 atom stereocenters. The highest BCUT2D eigenvalue weighted by atomic mass is 127. The SMILES string of the molecule is CCC[C@@]1(I)CC=C(CCCc2ccc(-c3ccc(C)c(F)c3F)cc2)C(F)=C1F. The largest absolute Gasteiger partial charge is 0.207 e. The number of rotatable bonds is 7. The van der Waals surface area contributed by atoms with Crippen molar-refractivity contribution in [3.8, 4) is 11.1 Å². The van der Waals surface area contributed by atoms with Gasteiger partial charge in [-0.3, -0.25) is 0 Å². The molecule has 0 aliphatic heterocycles. The maximum Gasteiger partial charge on any atom is 0.166 e. The van der Waals surface area contributed by atoms with Crippen molar-refractivity contribution in [3.05, 3.63) is 82.5 Å². The molecule has 0 heterocycles. The summed E-state index contributed by atoms with van der Waals surface area (Å²) >= 11 is 2.03. The molecule has 3 rings (SSSR count). The highest BCUT2D eigenvalue weighted by Crippen LogP contribution is 2.45. The number of hydrogen-bond donors (Lipinski definition) is 0. The molecule has 160 valence electrons. The molecule has 0 saturated heterocycles. The fourth-order valence-corrected chi connectivity index (χ4v) is 4.82. The second-order valence-corrected chi connectivity index (χ2v) is 9.95. The summed E-state index contributed by atoms with van der Waals surface area (Å²) in [6.45, 7) is 3.50. The first-order valence-electron chi connectivity index (χ1n) is 10.2. The molecule has 0 amide bonds. The van der Waals surface area contributed by atoms with E-state index in [-0.39, 0.29) is 11.1 Å². The van der Waals surface area contributed by atoms with Gasteiger partial charge in [0.15, 0.2) is 23.3 Å². The minimum Gasteiger partial charge on any atom is -0.207 e. The van der Waals surface area contributed by atoms with E-state index in [0.717, 1.165) is 12.0 Å². The zero-order valence-corrected chi connectivity index (χ0v) is 19.3. The summed E-state index contributed by atoms with van der Waals surface area (Å²) in [7, 11) is 0. The highest BCUT2D eigenvalue weighted by molar-refractivity contribution is 14.1. The number of allylic oxidation sites excluding steroid dienone is 4. The fourth-order valence-electron chi connectivity index (χ4n) is 3.82. The molecule has 0 bridgehead atoms. The van der Waals surface area contributed by atoms with Crippen LogP contribution in [0.2, 0.25) is 0 Å². The maximum atomic E-state index is 14.5. The molecular weight excluding hydrogens is 503 g/mol. The Hall–Kier alpha value is -1.63. The third-order valence-corrected chi connectivity index (χ3v) is 7.09. The Balaban J connectivity index is 1.62. The molecule has 0 saturated carbocycles. The lowest BCUT2D eigenvalue weighted by Gasteiger charge is -2.28. The molecule has 2 aromatic rings. The number of hydrogen-bond acceptors (Lipinski definition) is 0. The molecule has 0 aromatic heterocycles. The zero-order chi connectivity index (χ0) is 21.9. The molecule has 1 aliphatic carbocycles. The van der Waals surface area contributed by atoms with Gasteiger partial charge in [-0.1, -0.05) is 78.4 Å². The molecule has 1 aliphatic rings. The van der Waals surface area contributed by atoms with Crippen molar-refractivity contribution in [2.45, 2.75) is 55.8 Å². The Morgan fingerprint density at radius 3 is 2.30 bits per heavy atom. The van der Waals surface area contributed by atoms with Crippen LogP contribution in [-0.2, 0) is 6.42 Å². The van der Waals surface area contributed by atoms with Gasteiger partial charge >= 0.3 is 0 Å². The van der Waals surface area contributed by atoms with E-state index in [4.69, 9.17) is 0 Å². The average Bonchev–Trinajstić information content (AvgIpc) is 2.73. The third-order valence-electron chi connectivity index (χ3n) is 5.64. The van der Waals surface area contributed by atoms with Crippen LogP contribution in [0.1, 0.15) is 50.2 Å². The monoisotopic (exact) mass is 528 g/mol. The molecule has 2 aromatic carbocycles. The molecule has 0 nitrogen and oxygen atoms in total. The number of halogens is 5. The molecule has 0 unspecified atom stereocenters. The van der Waals surface area contributed by atoms with Crippen LogP contribution in [0.15, 0.2) is 59.7 Å². The second-order valence-electron chi connectivity index (χ2n) is 7.89. The van der Waals surface area contributed by atoms with Gasteiger partial charge in [-0.05, 0) is 61.3 Å². The van der Waals surface area contributed by atoms with Crippen molar-refractivity contribution in [2.24, 2.45) is 0 Å². The first-order chi connectivity index (χ1) is 14.3. The highest BCUT2D eigenvalue weighted by Gasteiger charge is 2.37. The minimum atomic E-state index is -0.842. The van der Waals surface area contributed by atoms with Gasteiger partial charge in [0, 0.05) is 5.56 Å². The van der Waals surface area contributed by atoms with Crippen LogP contribution in [0, 0.1) is 18.6 Å². The quantitative estimate of drug-likeness (QED) is 0.192. The summed E-state index contributed by atoms with van der Waals surface area (Å²) < 4.78 is 56.2. The van der Waals surface area contributed by atoms with Gasteiger partial charge in [0.2, 0.25) is 0 Å². The van der Waals surface area contributed by atoms with Crippen molar-refractivity contribution in [1.82, 2.24) is 0 Å². The van der Waals surface area contributed by atoms with E-state index in [1.807, 2.05) is 47.7 Å². The maximum absolute atomic E-state index is 14.5. The molecular formula is C25H25F4I. The van der Waals surface area contributed by atoms with Gasteiger partial charge in [0.05, 0.1) is 3.42 Å². The van der Waals surface area contributed by atoms with E-state index >= 15 is 0 Å².